The molecule has 3 rings (SSSR count). The quantitative estimate of drug-likeness (QED) is 0.507. The molecule has 0 aliphatic carbocycles. The molecular weight excluding hydrogens is 441 g/mol. The number of carbonyl (C=O) groups is 1. The third-order valence-corrected chi connectivity index (χ3v) is 4.85. The molecule has 0 saturated heterocycles. The van der Waals surface area contributed by atoms with Gasteiger partial charge < -0.3 is 9.15 Å². The average molecular weight is 460 g/mol. The number of aromatic nitrogens is 2. The molecular formula is C22H19Cl2N3O4. The Hall–Kier alpha value is -3.08. The molecule has 0 amide bonds. The normalized spacial score (nSPS) is 12.3. The Morgan fingerprint density at radius 3 is 2.65 bits per heavy atom. The van der Waals surface area contributed by atoms with Crippen LogP contribution >= 0.6 is 23.2 Å². The Morgan fingerprint density at radius 1 is 1.29 bits per heavy atom. The highest BCUT2D eigenvalue weighted by molar-refractivity contribution is 6.33. The minimum Gasteiger partial charge on any atom is -0.458 e. The van der Waals surface area contributed by atoms with Gasteiger partial charge in [-0.25, -0.2) is 9.78 Å². The minimum absolute atomic E-state index is 0.0467. The molecule has 3 aromatic rings. The third kappa shape index (κ3) is 5.35. The summed E-state index contributed by atoms with van der Waals surface area (Å²) < 4.78 is 11.9. The van der Waals surface area contributed by atoms with E-state index in [1.165, 1.54) is 29.4 Å². The zero-order chi connectivity index (χ0) is 22.8. The molecule has 0 radical (unpaired) electrons. The molecule has 2 aromatic heterocycles. The topological polar surface area (TPSA) is 98.1 Å². The lowest BCUT2D eigenvalue weighted by molar-refractivity contribution is -0.159. The zero-order valence-electron chi connectivity index (χ0n) is 17.1. The molecule has 0 bridgehead atoms. The molecule has 0 aliphatic heterocycles. The number of oxazole rings is 1. The van der Waals surface area contributed by atoms with Gasteiger partial charge >= 0.3 is 5.97 Å². The Balaban J connectivity index is 2.10. The van der Waals surface area contributed by atoms with E-state index in [-0.39, 0.29) is 11.4 Å². The van der Waals surface area contributed by atoms with Crippen molar-refractivity contribution in [2.45, 2.75) is 38.8 Å². The summed E-state index contributed by atoms with van der Waals surface area (Å²) in [6.45, 7) is 5.20. The molecule has 160 valence electrons. The highest BCUT2D eigenvalue weighted by Gasteiger charge is 2.29. The van der Waals surface area contributed by atoms with E-state index in [4.69, 9.17) is 32.4 Å². The standard InChI is InChI=1S/C22H19Cl2N3O4/c1-22(2,3)31-21(29)19(7-15-10-26-12-30-15)27-11-18(24)17(8-20(27)28)16-6-14(23)5-4-13(16)9-25/h4-6,8,10-12,19H,7H2,1-3H3. The van der Waals surface area contributed by atoms with E-state index in [9.17, 15) is 14.9 Å². The predicted molar refractivity (Wildman–Crippen MR) is 116 cm³/mol. The maximum atomic E-state index is 13.0. The molecule has 2 heterocycles. The monoisotopic (exact) mass is 459 g/mol. The van der Waals surface area contributed by atoms with Crippen LogP contribution in [0.25, 0.3) is 11.1 Å². The number of rotatable bonds is 5. The van der Waals surface area contributed by atoms with E-state index in [0.29, 0.717) is 27.5 Å². The molecule has 0 spiro atoms. The number of carbonyl (C=O) groups excluding carboxylic acids is 1. The first-order valence-electron chi connectivity index (χ1n) is 9.31. The number of benzene rings is 1. The summed E-state index contributed by atoms with van der Waals surface area (Å²) in [6, 6.07) is 6.99. The van der Waals surface area contributed by atoms with Crippen LogP contribution < -0.4 is 5.56 Å². The van der Waals surface area contributed by atoms with Crippen molar-refractivity contribution in [3.63, 3.8) is 0 Å². The van der Waals surface area contributed by atoms with Crippen LogP contribution in [0.5, 0.6) is 0 Å². The summed E-state index contributed by atoms with van der Waals surface area (Å²) in [4.78, 5) is 29.8. The van der Waals surface area contributed by atoms with Gasteiger partial charge in [0.2, 0.25) is 0 Å². The van der Waals surface area contributed by atoms with Crippen LogP contribution in [0.3, 0.4) is 0 Å². The van der Waals surface area contributed by atoms with Crippen LogP contribution in [-0.2, 0) is 16.0 Å². The minimum atomic E-state index is -1.03. The molecule has 1 aromatic carbocycles. The fraction of sp³-hybridized carbons (Fsp3) is 0.273. The first-order chi connectivity index (χ1) is 14.6. The summed E-state index contributed by atoms with van der Waals surface area (Å²) in [5.74, 6) is -0.208. The highest BCUT2D eigenvalue weighted by atomic mass is 35.5. The SMILES string of the molecule is CC(C)(C)OC(=O)C(Cc1cnco1)n1cc(Cl)c(-c2cc(Cl)ccc2C#N)cc1=O. The second kappa shape index (κ2) is 8.96. The van der Waals surface area contributed by atoms with Crippen molar-refractivity contribution in [3.8, 4) is 17.2 Å². The third-order valence-electron chi connectivity index (χ3n) is 4.32. The van der Waals surface area contributed by atoms with Crippen molar-refractivity contribution in [2.75, 3.05) is 0 Å². The molecule has 1 atom stereocenters. The van der Waals surface area contributed by atoms with E-state index in [1.54, 1.807) is 39.0 Å². The fourth-order valence-corrected chi connectivity index (χ4v) is 3.44. The summed E-state index contributed by atoms with van der Waals surface area (Å²) in [6.07, 6.45) is 4.10. The smallest absolute Gasteiger partial charge is 0.330 e. The number of halogens is 2. The van der Waals surface area contributed by atoms with Crippen molar-refractivity contribution in [1.82, 2.24) is 9.55 Å². The molecule has 9 heteroatoms. The summed E-state index contributed by atoms with van der Waals surface area (Å²) in [5.41, 5.74) is -0.183. The Morgan fingerprint density at radius 2 is 2.03 bits per heavy atom. The van der Waals surface area contributed by atoms with Gasteiger partial charge in [0, 0.05) is 34.8 Å². The van der Waals surface area contributed by atoms with Crippen LogP contribution in [0.2, 0.25) is 10.0 Å². The largest absolute Gasteiger partial charge is 0.458 e. The number of pyridine rings is 1. The lowest BCUT2D eigenvalue weighted by Gasteiger charge is -2.25. The number of hydrogen-bond acceptors (Lipinski definition) is 6. The number of hydrogen-bond donors (Lipinski definition) is 0. The molecule has 1 unspecified atom stereocenters. The second-order valence-corrected chi connectivity index (χ2v) is 8.65. The maximum Gasteiger partial charge on any atom is 0.330 e. The van der Waals surface area contributed by atoms with Crippen molar-refractivity contribution in [2.24, 2.45) is 0 Å². The molecule has 0 saturated carbocycles. The van der Waals surface area contributed by atoms with Crippen molar-refractivity contribution in [3.05, 3.63) is 74.8 Å². The van der Waals surface area contributed by atoms with Crippen molar-refractivity contribution in [1.29, 1.82) is 5.26 Å². The van der Waals surface area contributed by atoms with Gasteiger partial charge in [0.25, 0.3) is 5.56 Å². The van der Waals surface area contributed by atoms with Crippen LogP contribution in [0, 0.1) is 11.3 Å². The number of nitriles is 1. The number of nitrogens with zero attached hydrogens (tertiary/aromatic N) is 3. The first-order valence-corrected chi connectivity index (χ1v) is 10.1. The van der Waals surface area contributed by atoms with Crippen LogP contribution in [-0.4, -0.2) is 21.1 Å². The summed E-state index contributed by atoms with van der Waals surface area (Å²) >= 11 is 12.5. The van der Waals surface area contributed by atoms with E-state index in [1.807, 2.05) is 0 Å². The van der Waals surface area contributed by atoms with Crippen LogP contribution in [0.4, 0.5) is 0 Å². The van der Waals surface area contributed by atoms with Gasteiger partial charge in [0.1, 0.15) is 17.4 Å². The van der Waals surface area contributed by atoms with Gasteiger partial charge in [-0.15, -0.1) is 0 Å². The van der Waals surface area contributed by atoms with Crippen LogP contribution in [0.15, 0.2) is 52.3 Å². The van der Waals surface area contributed by atoms with E-state index >= 15 is 0 Å². The van der Waals surface area contributed by atoms with Gasteiger partial charge in [-0.3, -0.25) is 9.36 Å². The predicted octanol–water partition coefficient (Wildman–Crippen LogP) is 4.81. The number of ether oxygens (including phenoxy) is 1. The summed E-state index contributed by atoms with van der Waals surface area (Å²) in [5, 5.41) is 9.97. The average Bonchev–Trinajstić information content (AvgIpc) is 3.19. The van der Waals surface area contributed by atoms with Gasteiger partial charge in [0.05, 0.1) is 22.9 Å². The van der Waals surface area contributed by atoms with E-state index < -0.39 is 23.2 Å². The number of esters is 1. The fourth-order valence-electron chi connectivity index (χ4n) is 3.01. The van der Waals surface area contributed by atoms with Crippen LogP contribution in [0.1, 0.15) is 38.1 Å². The Bertz CT molecular complexity index is 1200. The molecule has 0 N–H and O–H groups in total. The zero-order valence-corrected chi connectivity index (χ0v) is 18.6. The molecule has 0 fully saturated rings. The van der Waals surface area contributed by atoms with E-state index in [0.717, 1.165) is 0 Å². The van der Waals surface area contributed by atoms with Gasteiger partial charge in [0.15, 0.2) is 6.39 Å². The van der Waals surface area contributed by atoms with Crippen molar-refractivity contribution < 1.29 is 13.9 Å². The first kappa shape index (κ1) is 22.6. The molecule has 31 heavy (non-hydrogen) atoms. The van der Waals surface area contributed by atoms with Gasteiger partial charge in [-0.1, -0.05) is 23.2 Å². The summed E-state index contributed by atoms with van der Waals surface area (Å²) in [7, 11) is 0. The molecule has 7 nitrogen and oxygen atoms in total. The molecule has 0 aliphatic rings. The van der Waals surface area contributed by atoms with Crippen molar-refractivity contribution >= 4 is 29.2 Å². The second-order valence-electron chi connectivity index (χ2n) is 7.80. The maximum absolute atomic E-state index is 13.0. The van der Waals surface area contributed by atoms with Gasteiger partial charge in [-0.05, 0) is 39.0 Å². The van der Waals surface area contributed by atoms with E-state index in [2.05, 4.69) is 11.1 Å². The van der Waals surface area contributed by atoms with Gasteiger partial charge in [-0.2, -0.15) is 5.26 Å². The lowest BCUT2D eigenvalue weighted by Crippen LogP contribution is -2.36. The lowest BCUT2D eigenvalue weighted by atomic mass is 10.0. The highest BCUT2D eigenvalue weighted by Crippen LogP contribution is 2.32. The Labute approximate surface area is 188 Å². The Kier molecular flexibility index (Phi) is 6.54.